The lowest BCUT2D eigenvalue weighted by Crippen LogP contribution is -2.01. The molecule has 0 atom stereocenters. The van der Waals surface area contributed by atoms with Crippen LogP contribution in [0.1, 0.15) is 22.8 Å². The van der Waals surface area contributed by atoms with Crippen LogP contribution >= 0.6 is 0 Å². The van der Waals surface area contributed by atoms with Crippen molar-refractivity contribution >= 4 is 5.78 Å². The monoisotopic (exact) mass is 194 g/mol. The number of hydrogen-bond donors (Lipinski definition) is 0. The van der Waals surface area contributed by atoms with Crippen molar-refractivity contribution in [3.63, 3.8) is 0 Å². The highest BCUT2D eigenvalue weighted by molar-refractivity contribution is 5.99. The summed E-state index contributed by atoms with van der Waals surface area (Å²) in [5.41, 5.74) is 1.50. The molecular formula is C11H14O3. The molecule has 0 radical (unpaired) electrons. The zero-order valence-electron chi connectivity index (χ0n) is 8.88. The molecule has 0 heterocycles. The average molecular weight is 194 g/mol. The lowest BCUT2D eigenvalue weighted by Gasteiger charge is -2.11. The second kappa shape index (κ2) is 4.13. The minimum atomic E-state index is -0.0568. The molecule has 76 valence electrons. The SMILES string of the molecule is COc1cc(C)cc(OC)c1C(C)=O. The van der Waals surface area contributed by atoms with Crippen molar-refractivity contribution in [3.8, 4) is 11.5 Å². The third-order valence-electron chi connectivity index (χ3n) is 2.00. The van der Waals surface area contributed by atoms with E-state index in [1.54, 1.807) is 14.2 Å². The van der Waals surface area contributed by atoms with Crippen molar-refractivity contribution in [1.82, 2.24) is 0 Å². The van der Waals surface area contributed by atoms with E-state index in [0.717, 1.165) is 5.56 Å². The van der Waals surface area contributed by atoms with Crippen molar-refractivity contribution in [3.05, 3.63) is 23.3 Å². The Morgan fingerprint density at radius 2 is 1.57 bits per heavy atom. The molecule has 0 aromatic heterocycles. The molecule has 14 heavy (non-hydrogen) atoms. The fourth-order valence-corrected chi connectivity index (χ4v) is 1.39. The topological polar surface area (TPSA) is 35.5 Å². The number of rotatable bonds is 3. The van der Waals surface area contributed by atoms with Gasteiger partial charge in [0.05, 0.1) is 14.2 Å². The molecule has 0 aliphatic carbocycles. The number of ether oxygens (including phenoxy) is 2. The molecule has 0 unspecified atom stereocenters. The van der Waals surface area contributed by atoms with Crippen LogP contribution in [-0.2, 0) is 0 Å². The van der Waals surface area contributed by atoms with Crippen LogP contribution in [0.4, 0.5) is 0 Å². The Bertz CT molecular complexity index is 331. The molecule has 1 aromatic rings. The Kier molecular flexibility index (Phi) is 3.12. The van der Waals surface area contributed by atoms with E-state index in [1.807, 2.05) is 19.1 Å². The average Bonchev–Trinajstić information content (AvgIpc) is 2.15. The van der Waals surface area contributed by atoms with Gasteiger partial charge in [-0.3, -0.25) is 4.79 Å². The van der Waals surface area contributed by atoms with Gasteiger partial charge in [-0.05, 0) is 31.5 Å². The van der Waals surface area contributed by atoms with Crippen molar-refractivity contribution in [1.29, 1.82) is 0 Å². The standard InChI is InChI=1S/C11H14O3/c1-7-5-9(13-3)11(8(2)12)10(6-7)14-4/h5-6H,1-4H3. The van der Waals surface area contributed by atoms with Crippen LogP contribution in [0.3, 0.4) is 0 Å². The molecule has 0 saturated heterocycles. The summed E-state index contributed by atoms with van der Waals surface area (Å²) in [6.07, 6.45) is 0. The number of aryl methyl sites for hydroxylation is 1. The van der Waals surface area contributed by atoms with Crippen molar-refractivity contribution < 1.29 is 14.3 Å². The van der Waals surface area contributed by atoms with Crippen molar-refractivity contribution in [2.24, 2.45) is 0 Å². The van der Waals surface area contributed by atoms with Gasteiger partial charge in [0.1, 0.15) is 17.1 Å². The summed E-state index contributed by atoms with van der Waals surface area (Å²) in [7, 11) is 3.08. The summed E-state index contributed by atoms with van der Waals surface area (Å²) in [5.74, 6) is 1.07. The highest BCUT2D eigenvalue weighted by Gasteiger charge is 2.14. The predicted octanol–water partition coefficient (Wildman–Crippen LogP) is 2.21. The molecule has 0 saturated carbocycles. The second-order valence-electron chi connectivity index (χ2n) is 3.10. The minimum Gasteiger partial charge on any atom is -0.496 e. The van der Waals surface area contributed by atoms with Gasteiger partial charge >= 0.3 is 0 Å². The highest BCUT2D eigenvalue weighted by atomic mass is 16.5. The van der Waals surface area contributed by atoms with Crippen molar-refractivity contribution in [2.45, 2.75) is 13.8 Å². The van der Waals surface area contributed by atoms with E-state index < -0.39 is 0 Å². The van der Waals surface area contributed by atoms with Gasteiger partial charge in [-0.2, -0.15) is 0 Å². The number of methoxy groups -OCH3 is 2. The third kappa shape index (κ3) is 1.87. The molecular weight excluding hydrogens is 180 g/mol. The van der Waals surface area contributed by atoms with Gasteiger partial charge in [-0.1, -0.05) is 0 Å². The van der Waals surface area contributed by atoms with Gasteiger partial charge in [0.2, 0.25) is 0 Å². The van der Waals surface area contributed by atoms with Crippen LogP contribution in [0.5, 0.6) is 11.5 Å². The van der Waals surface area contributed by atoms with E-state index in [4.69, 9.17) is 9.47 Å². The summed E-state index contributed by atoms with van der Waals surface area (Å²) in [6.45, 7) is 3.42. The van der Waals surface area contributed by atoms with E-state index in [0.29, 0.717) is 17.1 Å². The Balaban J connectivity index is 3.40. The molecule has 3 heteroatoms. The maximum atomic E-state index is 11.4. The molecule has 0 amide bonds. The number of hydrogen-bond acceptors (Lipinski definition) is 3. The number of carbonyl (C=O) groups excluding carboxylic acids is 1. The lowest BCUT2D eigenvalue weighted by molar-refractivity contribution is 0.101. The van der Waals surface area contributed by atoms with Gasteiger partial charge in [0, 0.05) is 0 Å². The minimum absolute atomic E-state index is 0.0568. The zero-order valence-corrected chi connectivity index (χ0v) is 8.88. The Hall–Kier alpha value is -1.51. The lowest BCUT2D eigenvalue weighted by atomic mass is 10.1. The van der Waals surface area contributed by atoms with Crippen LogP contribution in [0.15, 0.2) is 12.1 Å². The first-order valence-corrected chi connectivity index (χ1v) is 4.33. The fraction of sp³-hybridized carbons (Fsp3) is 0.364. The maximum Gasteiger partial charge on any atom is 0.167 e. The van der Waals surface area contributed by atoms with E-state index in [1.165, 1.54) is 6.92 Å². The maximum absolute atomic E-state index is 11.4. The number of Topliss-reactive ketones (excluding diaryl/α,β-unsaturated/α-hetero) is 1. The highest BCUT2D eigenvalue weighted by Crippen LogP contribution is 2.30. The van der Waals surface area contributed by atoms with Crippen LogP contribution < -0.4 is 9.47 Å². The van der Waals surface area contributed by atoms with E-state index in [9.17, 15) is 4.79 Å². The fourth-order valence-electron chi connectivity index (χ4n) is 1.39. The molecule has 0 bridgehead atoms. The number of benzene rings is 1. The van der Waals surface area contributed by atoms with Crippen molar-refractivity contribution in [2.75, 3.05) is 14.2 Å². The molecule has 3 nitrogen and oxygen atoms in total. The Morgan fingerprint density at radius 3 is 1.86 bits per heavy atom. The Morgan fingerprint density at radius 1 is 1.14 bits per heavy atom. The Labute approximate surface area is 83.6 Å². The summed E-state index contributed by atoms with van der Waals surface area (Å²) in [5, 5.41) is 0. The van der Waals surface area contributed by atoms with Gasteiger partial charge < -0.3 is 9.47 Å². The molecule has 0 N–H and O–H groups in total. The van der Waals surface area contributed by atoms with Gasteiger partial charge in [0.15, 0.2) is 5.78 Å². The summed E-state index contributed by atoms with van der Waals surface area (Å²) in [4.78, 5) is 11.4. The summed E-state index contributed by atoms with van der Waals surface area (Å²) < 4.78 is 10.3. The molecule has 0 aliphatic rings. The van der Waals surface area contributed by atoms with Crippen LogP contribution in [0.2, 0.25) is 0 Å². The molecule has 1 aromatic carbocycles. The van der Waals surface area contributed by atoms with Crippen LogP contribution in [0, 0.1) is 6.92 Å². The second-order valence-corrected chi connectivity index (χ2v) is 3.10. The summed E-state index contributed by atoms with van der Waals surface area (Å²) in [6, 6.07) is 3.64. The molecule has 1 rings (SSSR count). The van der Waals surface area contributed by atoms with Crippen LogP contribution in [0.25, 0.3) is 0 Å². The number of ketones is 1. The molecule has 0 spiro atoms. The number of carbonyl (C=O) groups is 1. The van der Waals surface area contributed by atoms with E-state index in [-0.39, 0.29) is 5.78 Å². The first-order valence-electron chi connectivity index (χ1n) is 4.33. The predicted molar refractivity (Wildman–Crippen MR) is 54.3 cm³/mol. The first-order chi connectivity index (χ1) is 6.60. The van der Waals surface area contributed by atoms with E-state index >= 15 is 0 Å². The van der Waals surface area contributed by atoms with E-state index in [2.05, 4.69) is 0 Å². The van der Waals surface area contributed by atoms with Gasteiger partial charge in [-0.25, -0.2) is 0 Å². The molecule has 0 aliphatic heterocycles. The summed E-state index contributed by atoms with van der Waals surface area (Å²) >= 11 is 0. The zero-order chi connectivity index (χ0) is 10.7. The third-order valence-corrected chi connectivity index (χ3v) is 2.00. The largest absolute Gasteiger partial charge is 0.496 e. The quantitative estimate of drug-likeness (QED) is 0.692. The first kappa shape index (κ1) is 10.6. The smallest absolute Gasteiger partial charge is 0.167 e. The van der Waals surface area contributed by atoms with Gasteiger partial charge in [0.25, 0.3) is 0 Å². The normalized spacial score (nSPS) is 9.71. The van der Waals surface area contributed by atoms with Gasteiger partial charge in [-0.15, -0.1) is 0 Å². The molecule has 0 fully saturated rings. The van der Waals surface area contributed by atoms with Crippen LogP contribution in [-0.4, -0.2) is 20.0 Å².